The standard InChI is InChI=1S/C19H20N4O/c1-14-5-4-10-23(13-14)16-8-9-21-18(11-16)19(24)22-17-7-3-2-6-15(17)12-20/h2-3,6-9,11,14H,4-5,10,13H2,1H3,(H,22,24). The largest absolute Gasteiger partial charge is 0.371 e. The molecule has 1 aliphatic rings. The van der Waals surface area contributed by atoms with E-state index < -0.39 is 0 Å². The molecule has 24 heavy (non-hydrogen) atoms. The number of carbonyl (C=O) groups is 1. The van der Waals surface area contributed by atoms with Crippen LogP contribution in [-0.2, 0) is 0 Å². The molecule has 0 saturated carbocycles. The highest BCUT2D eigenvalue weighted by molar-refractivity contribution is 6.04. The monoisotopic (exact) mass is 320 g/mol. The Morgan fingerprint density at radius 2 is 2.21 bits per heavy atom. The second-order valence-electron chi connectivity index (χ2n) is 6.20. The Balaban J connectivity index is 1.78. The van der Waals surface area contributed by atoms with Gasteiger partial charge >= 0.3 is 0 Å². The Kier molecular flexibility index (Phi) is 4.76. The number of hydrogen-bond acceptors (Lipinski definition) is 4. The highest BCUT2D eigenvalue weighted by Crippen LogP contribution is 2.23. The Labute approximate surface area is 141 Å². The summed E-state index contributed by atoms with van der Waals surface area (Å²) < 4.78 is 0. The number of benzene rings is 1. The van der Waals surface area contributed by atoms with Crippen molar-refractivity contribution in [2.45, 2.75) is 19.8 Å². The number of rotatable bonds is 3. The minimum absolute atomic E-state index is 0.301. The van der Waals surface area contributed by atoms with E-state index in [2.05, 4.69) is 28.2 Å². The molecule has 1 N–H and O–H groups in total. The van der Waals surface area contributed by atoms with Crippen LogP contribution in [0.15, 0.2) is 42.6 Å². The summed E-state index contributed by atoms with van der Waals surface area (Å²) in [6.07, 6.45) is 4.08. The van der Waals surface area contributed by atoms with Crippen LogP contribution in [0.4, 0.5) is 11.4 Å². The Morgan fingerprint density at radius 1 is 1.38 bits per heavy atom. The van der Waals surface area contributed by atoms with E-state index in [0.29, 0.717) is 22.9 Å². The topological polar surface area (TPSA) is 69.0 Å². The van der Waals surface area contributed by atoms with Gasteiger partial charge in [0.25, 0.3) is 5.91 Å². The van der Waals surface area contributed by atoms with Crippen molar-refractivity contribution in [2.24, 2.45) is 5.92 Å². The highest BCUT2D eigenvalue weighted by atomic mass is 16.1. The van der Waals surface area contributed by atoms with Crippen molar-refractivity contribution in [3.05, 3.63) is 53.9 Å². The lowest BCUT2D eigenvalue weighted by Gasteiger charge is -2.32. The van der Waals surface area contributed by atoms with Gasteiger partial charge in [-0.15, -0.1) is 0 Å². The molecular weight excluding hydrogens is 300 g/mol. The molecule has 5 heteroatoms. The highest BCUT2D eigenvalue weighted by Gasteiger charge is 2.18. The van der Waals surface area contributed by atoms with Gasteiger partial charge in [0.05, 0.1) is 11.3 Å². The molecule has 122 valence electrons. The fourth-order valence-corrected chi connectivity index (χ4v) is 3.04. The lowest BCUT2D eigenvalue weighted by molar-refractivity contribution is 0.102. The van der Waals surface area contributed by atoms with Crippen molar-refractivity contribution >= 4 is 17.3 Å². The lowest BCUT2D eigenvalue weighted by atomic mass is 10.00. The quantitative estimate of drug-likeness (QED) is 0.940. The summed E-state index contributed by atoms with van der Waals surface area (Å²) in [4.78, 5) is 19.0. The van der Waals surface area contributed by atoms with E-state index >= 15 is 0 Å². The van der Waals surface area contributed by atoms with Crippen LogP contribution in [0.5, 0.6) is 0 Å². The van der Waals surface area contributed by atoms with Crippen LogP contribution in [0.2, 0.25) is 0 Å². The number of pyridine rings is 1. The van der Waals surface area contributed by atoms with E-state index in [1.165, 1.54) is 12.8 Å². The first-order valence-corrected chi connectivity index (χ1v) is 8.19. The van der Waals surface area contributed by atoms with Crippen molar-refractivity contribution in [3.63, 3.8) is 0 Å². The van der Waals surface area contributed by atoms with Gasteiger partial charge in [-0.3, -0.25) is 9.78 Å². The number of amides is 1. The van der Waals surface area contributed by atoms with Crippen molar-refractivity contribution in [2.75, 3.05) is 23.3 Å². The second kappa shape index (κ2) is 7.14. The van der Waals surface area contributed by atoms with E-state index in [-0.39, 0.29) is 5.91 Å². The van der Waals surface area contributed by atoms with Gasteiger partial charge in [0.15, 0.2) is 0 Å². The molecule has 1 aliphatic heterocycles. The van der Waals surface area contributed by atoms with Crippen LogP contribution in [-0.4, -0.2) is 24.0 Å². The molecule has 0 radical (unpaired) electrons. The van der Waals surface area contributed by atoms with Crippen LogP contribution in [0.3, 0.4) is 0 Å². The third-order valence-electron chi connectivity index (χ3n) is 4.29. The van der Waals surface area contributed by atoms with Gasteiger partial charge in [0.1, 0.15) is 11.8 Å². The van der Waals surface area contributed by atoms with Gasteiger partial charge in [0.2, 0.25) is 0 Å². The molecule has 1 unspecified atom stereocenters. The summed E-state index contributed by atoms with van der Waals surface area (Å²) in [6, 6.07) is 12.8. The maximum absolute atomic E-state index is 12.5. The van der Waals surface area contributed by atoms with E-state index in [4.69, 9.17) is 5.26 Å². The van der Waals surface area contributed by atoms with Crippen LogP contribution in [0, 0.1) is 17.2 Å². The number of aromatic nitrogens is 1. The number of hydrogen-bond donors (Lipinski definition) is 1. The minimum atomic E-state index is -0.301. The average Bonchev–Trinajstić information content (AvgIpc) is 2.62. The van der Waals surface area contributed by atoms with Crippen LogP contribution in [0.25, 0.3) is 0 Å². The third-order valence-corrected chi connectivity index (χ3v) is 4.29. The molecule has 1 saturated heterocycles. The molecule has 1 atom stereocenters. The summed E-state index contributed by atoms with van der Waals surface area (Å²) in [7, 11) is 0. The summed E-state index contributed by atoms with van der Waals surface area (Å²) >= 11 is 0. The molecule has 1 aromatic heterocycles. The summed E-state index contributed by atoms with van der Waals surface area (Å²) in [5.41, 5.74) is 2.32. The number of para-hydroxylation sites is 1. The molecule has 0 spiro atoms. The zero-order valence-electron chi connectivity index (χ0n) is 13.7. The normalized spacial score (nSPS) is 17.2. The number of carbonyl (C=O) groups excluding carboxylic acids is 1. The molecule has 1 fully saturated rings. The molecule has 1 aromatic carbocycles. The van der Waals surface area contributed by atoms with Gasteiger partial charge in [-0.05, 0) is 43.0 Å². The second-order valence-corrected chi connectivity index (χ2v) is 6.20. The maximum Gasteiger partial charge on any atom is 0.274 e. The molecule has 1 amide bonds. The van der Waals surface area contributed by atoms with Gasteiger partial charge < -0.3 is 10.2 Å². The zero-order chi connectivity index (χ0) is 16.9. The average molecular weight is 320 g/mol. The van der Waals surface area contributed by atoms with E-state index in [1.807, 2.05) is 12.1 Å². The van der Waals surface area contributed by atoms with Crippen molar-refractivity contribution < 1.29 is 4.79 Å². The predicted octanol–water partition coefficient (Wildman–Crippen LogP) is 3.44. The fourth-order valence-electron chi connectivity index (χ4n) is 3.04. The molecule has 0 aliphatic carbocycles. The molecule has 3 rings (SSSR count). The summed E-state index contributed by atoms with van der Waals surface area (Å²) in [5.74, 6) is 0.358. The minimum Gasteiger partial charge on any atom is -0.371 e. The van der Waals surface area contributed by atoms with Gasteiger partial charge in [-0.1, -0.05) is 19.1 Å². The molecule has 2 heterocycles. The smallest absolute Gasteiger partial charge is 0.274 e. The van der Waals surface area contributed by atoms with Gasteiger partial charge in [0, 0.05) is 25.0 Å². The SMILES string of the molecule is CC1CCCN(c2ccnc(C(=O)Nc3ccccc3C#N)c2)C1. The van der Waals surface area contributed by atoms with E-state index in [0.717, 1.165) is 18.8 Å². The van der Waals surface area contributed by atoms with Crippen molar-refractivity contribution in [1.29, 1.82) is 5.26 Å². The van der Waals surface area contributed by atoms with E-state index in [9.17, 15) is 4.79 Å². The fraction of sp³-hybridized carbons (Fsp3) is 0.316. The number of anilines is 2. The first kappa shape index (κ1) is 16.0. The molecular formula is C19H20N4O. The number of nitriles is 1. The molecule has 5 nitrogen and oxygen atoms in total. The van der Waals surface area contributed by atoms with Crippen LogP contribution in [0.1, 0.15) is 35.8 Å². The zero-order valence-corrected chi connectivity index (χ0v) is 13.7. The van der Waals surface area contributed by atoms with Crippen molar-refractivity contribution in [3.8, 4) is 6.07 Å². The van der Waals surface area contributed by atoms with E-state index in [1.54, 1.807) is 30.5 Å². The number of piperidine rings is 1. The van der Waals surface area contributed by atoms with Gasteiger partial charge in [-0.2, -0.15) is 5.26 Å². The predicted molar refractivity (Wildman–Crippen MR) is 94.0 cm³/mol. The van der Waals surface area contributed by atoms with Crippen molar-refractivity contribution in [1.82, 2.24) is 4.98 Å². The maximum atomic E-state index is 12.5. The summed E-state index contributed by atoms with van der Waals surface area (Å²) in [5, 5.41) is 11.9. The lowest BCUT2D eigenvalue weighted by Crippen LogP contribution is -2.34. The first-order valence-electron chi connectivity index (χ1n) is 8.19. The van der Waals surface area contributed by atoms with Crippen LogP contribution < -0.4 is 10.2 Å². The third kappa shape index (κ3) is 3.54. The Hall–Kier alpha value is -2.87. The number of nitrogens with zero attached hydrogens (tertiary/aromatic N) is 3. The first-order chi connectivity index (χ1) is 11.7. The van der Waals surface area contributed by atoms with Crippen LogP contribution >= 0.6 is 0 Å². The summed E-state index contributed by atoms with van der Waals surface area (Å²) in [6.45, 7) is 4.26. The molecule has 2 aromatic rings. The Morgan fingerprint density at radius 3 is 3.00 bits per heavy atom. The molecule has 0 bridgehead atoms. The Bertz CT molecular complexity index is 781. The number of nitrogens with one attached hydrogen (secondary N) is 1. The van der Waals surface area contributed by atoms with Gasteiger partial charge in [-0.25, -0.2) is 0 Å².